The molecule has 28 heavy (non-hydrogen) atoms. The van der Waals surface area contributed by atoms with Gasteiger partial charge in [0.05, 0.1) is 5.92 Å². The van der Waals surface area contributed by atoms with Gasteiger partial charge in [-0.05, 0) is 41.8 Å². The first kappa shape index (κ1) is 24.2. The number of nitrogens with one attached hydrogen (secondary N) is 1. The number of hydrogen-bond donors (Lipinski definition) is 2. The first-order chi connectivity index (χ1) is 12.9. The molecule has 0 heterocycles. The summed E-state index contributed by atoms with van der Waals surface area (Å²) in [6, 6.07) is 13.7. The van der Waals surface area contributed by atoms with Crippen molar-refractivity contribution in [1.82, 2.24) is 10.2 Å². The lowest BCUT2D eigenvalue weighted by atomic mass is 9.98. The van der Waals surface area contributed by atoms with Crippen molar-refractivity contribution in [2.75, 3.05) is 20.6 Å². The number of halogens is 3. The fourth-order valence-corrected chi connectivity index (χ4v) is 2.84. The van der Waals surface area contributed by atoms with Crippen molar-refractivity contribution in [2.24, 2.45) is 16.6 Å². The molecule has 0 aliphatic rings. The molecule has 0 spiro atoms. The van der Waals surface area contributed by atoms with Crippen molar-refractivity contribution in [1.29, 1.82) is 0 Å². The summed E-state index contributed by atoms with van der Waals surface area (Å²) in [5.74, 6) is -0.509. The van der Waals surface area contributed by atoms with Crippen molar-refractivity contribution in [2.45, 2.75) is 13.0 Å². The Kier molecular flexibility index (Phi) is 10.2. The van der Waals surface area contributed by atoms with Crippen molar-refractivity contribution in [3.05, 3.63) is 70.5 Å². The second-order valence-corrected chi connectivity index (χ2v) is 6.78. The van der Waals surface area contributed by atoms with Crippen LogP contribution in [-0.4, -0.2) is 37.4 Å². The van der Waals surface area contributed by atoms with Crippen molar-refractivity contribution >= 4 is 47.4 Å². The van der Waals surface area contributed by atoms with E-state index in [1.807, 2.05) is 36.2 Å². The predicted molar refractivity (Wildman–Crippen MR) is 122 cm³/mol. The van der Waals surface area contributed by atoms with E-state index in [0.29, 0.717) is 30.5 Å². The molecule has 1 unspecified atom stereocenters. The molecule has 1 atom stereocenters. The summed E-state index contributed by atoms with van der Waals surface area (Å²) >= 11 is 5.91. The molecule has 2 aromatic rings. The van der Waals surface area contributed by atoms with Crippen LogP contribution in [-0.2, 0) is 17.8 Å². The molecule has 0 saturated carbocycles. The SMILES string of the molecule is CN=C(NCC(Cc1ccc(F)cc1)C(N)=O)N(C)Cc1ccc(Cl)cc1.I. The second kappa shape index (κ2) is 11.9. The van der Waals surface area contributed by atoms with Gasteiger partial charge in [0.25, 0.3) is 0 Å². The summed E-state index contributed by atoms with van der Waals surface area (Å²) < 4.78 is 13.0. The third-order valence-corrected chi connectivity index (χ3v) is 4.46. The minimum atomic E-state index is -0.434. The number of benzene rings is 2. The van der Waals surface area contributed by atoms with Crippen molar-refractivity contribution in [3.8, 4) is 0 Å². The molecule has 5 nitrogen and oxygen atoms in total. The zero-order chi connectivity index (χ0) is 19.8. The van der Waals surface area contributed by atoms with E-state index in [2.05, 4.69) is 10.3 Å². The molecule has 0 bridgehead atoms. The number of amides is 1. The minimum Gasteiger partial charge on any atom is -0.369 e. The van der Waals surface area contributed by atoms with Gasteiger partial charge in [0.2, 0.25) is 5.91 Å². The largest absolute Gasteiger partial charge is 0.369 e. The molecular weight excluding hydrogens is 494 g/mol. The van der Waals surface area contributed by atoms with E-state index in [4.69, 9.17) is 17.3 Å². The van der Waals surface area contributed by atoms with E-state index in [1.54, 1.807) is 19.2 Å². The highest BCUT2D eigenvalue weighted by atomic mass is 127. The van der Waals surface area contributed by atoms with Gasteiger partial charge in [-0.25, -0.2) is 4.39 Å². The Morgan fingerprint density at radius 1 is 1.18 bits per heavy atom. The highest BCUT2D eigenvalue weighted by Gasteiger charge is 2.18. The number of carbonyl (C=O) groups is 1. The fourth-order valence-electron chi connectivity index (χ4n) is 2.72. The van der Waals surface area contributed by atoms with Crippen molar-refractivity contribution < 1.29 is 9.18 Å². The van der Waals surface area contributed by atoms with Gasteiger partial charge < -0.3 is 16.0 Å². The predicted octanol–water partition coefficient (Wildman–Crippen LogP) is 3.45. The Balaban J connectivity index is 0.00000392. The Hall–Kier alpha value is -1.87. The quantitative estimate of drug-likeness (QED) is 0.335. The normalized spacial score (nSPS) is 12.1. The van der Waals surface area contributed by atoms with E-state index in [-0.39, 0.29) is 29.8 Å². The average Bonchev–Trinajstić information content (AvgIpc) is 2.64. The van der Waals surface area contributed by atoms with Crippen LogP contribution in [0.2, 0.25) is 5.02 Å². The van der Waals surface area contributed by atoms with Gasteiger partial charge in [-0.3, -0.25) is 9.79 Å². The van der Waals surface area contributed by atoms with E-state index in [0.717, 1.165) is 11.1 Å². The molecule has 1 amide bonds. The van der Waals surface area contributed by atoms with Crippen LogP contribution in [0.4, 0.5) is 4.39 Å². The number of hydrogen-bond acceptors (Lipinski definition) is 2. The standard InChI is InChI=1S/C20H24ClFN4O.HI/c1-24-20(26(2)13-15-3-7-17(21)8-4-15)25-12-16(19(23)27)11-14-5-9-18(22)10-6-14;/h3-10,16H,11-13H2,1-2H3,(H2,23,27)(H,24,25);1H. The second-order valence-electron chi connectivity index (χ2n) is 6.34. The summed E-state index contributed by atoms with van der Waals surface area (Å²) in [6.45, 7) is 0.973. The Morgan fingerprint density at radius 2 is 1.75 bits per heavy atom. The molecule has 0 fully saturated rings. The van der Waals surface area contributed by atoms with Crippen LogP contribution in [0.5, 0.6) is 0 Å². The maximum Gasteiger partial charge on any atom is 0.222 e. The molecule has 2 aromatic carbocycles. The summed E-state index contributed by atoms with van der Waals surface area (Å²) in [4.78, 5) is 18.0. The molecule has 2 rings (SSSR count). The third kappa shape index (κ3) is 7.63. The molecular formula is C20H25ClFIN4O. The molecule has 0 radical (unpaired) electrons. The Bertz CT molecular complexity index is 784. The first-order valence-corrected chi connectivity index (χ1v) is 8.97. The van der Waals surface area contributed by atoms with Gasteiger partial charge in [-0.15, -0.1) is 24.0 Å². The Labute approximate surface area is 187 Å². The smallest absolute Gasteiger partial charge is 0.222 e. The maximum absolute atomic E-state index is 13.0. The van der Waals surface area contributed by atoms with Gasteiger partial charge in [-0.2, -0.15) is 0 Å². The monoisotopic (exact) mass is 518 g/mol. The number of primary amides is 1. The third-order valence-electron chi connectivity index (χ3n) is 4.21. The summed E-state index contributed by atoms with van der Waals surface area (Å²) in [7, 11) is 3.59. The molecule has 0 saturated heterocycles. The lowest BCUT2D eigenvalue weighted by molar-refractivity contribution is -0.121. The van der Waals surface area contributed by atoms with Crippen LogP contribution >= 0.6 is 35.6 Å². The zero-order valence-corrected chi connectivity index (χ0v) is 18.9. The summed E-state index contributed by atoms with van der Waals surface area (Å²) in [5.41, 5.74) is 7.48. The molecule has 0 aliphatic heterocycles. The van der Waals surface area contributed by atoms with E-state index < -0.39 is 11.8 Å². The maximum atomic E-state index is 13.0. The van der Waals surface area contributed by atoms with Gasteiger partial charge >= 0.3 is 0 Å². The topological polar surface area (TPSA) is 70.7 Å². The van der Waals surface area contributed by atoms with Crippen LogP contribution in [0.3, 0.4) is 0 Å². The van der Waals surface area contributed by atoms with Crippen LogP contribution < -0.4 is 11.1 Å². The van der Waals surface area contributed by atoms with E-state index in [1.165, 1.54) is 12.1 Å². The summed E-state index contributed by atoms with van der Waals surface area (Å²) in [5, 5.41) is 3.88. The van der Waals surface area contributed by atoms with Gasteiger partial charge in [-0.1, -0.05) is 35.9 Å². The number of nitrogens with two attached hydrogens (primary N) is 1. The highest BCUT2D eigenvalue weighted by Crippen LogP contribution is 2.12. The number of rotatable bonds is 7. The van der Waals surface area contributed by atoms with Gasteiger partial charge in [0.15, 0.2) is 5.96 Å². The summed E-state index contributed by atoms with van der Waals surface area (Å²) in [6.07, 6.45) is 0.431. The highest BCUT2D eigenvalue weighted by molar-refractivity contribution is 14.0. The number of carbonyl (C=O) groups excluding carboxylic acids is 1. The first-order valence-electron chi connectivity index (χ1n) is 8.59. The van der Waals surface area contributed by atoms with Crippen molar-refractivity contribution in [3.63, 3.8) is 0 Å². The lowest BCUT2D eigenvalue weighted by Gasteiger charge is -2.24. The molecule has 3 N–H and O–H groups in total. The molecule has 152 valence electrons. The Morgan fingerprint density at radius 3 is 2.29 bits per heavy atom. The van der Waals surface area contributed by atoms with Crippen LogP contribution in [0, 0.1) is 11.7 Å². The van der Waals surface area contributed by atoms with Gasteiger partial charge in [0.1, 0.15) is 5.82 Å². The van der Waals surface area contributed by atoms with Gasteiger partial charge in [0, 0.05) is 32.2 Å². The average molecular weight is 519 g/mol. The zero-order valence-electron chi connectivity index (χ0n) is 15.9. The van der Waals surface area contributed by atoms with Crippen LogP contribution in [0.25, 0.3) is 0 Å². The fraction of sp³-hybridized carbons (Fsp3) is 0.300. The number of nitrogens with zero attached hydrogens (tertiary/aromatic N) is 2. The molecule has 8 heteroatoms. The van der Waals surface area contributed by atoms with E-state index in [9.17, 15) is 9.18 Å². The van der Waals surface area contributed by atoms with Crippen LogP contribution in [0.15, 0.2) is 53.5 Å². The number of guanidine groups is 1. The minimum absolute atomic E-state index is 0. The molecule has 0 aliphatic carbocycles. The lowest BCUT2D eigenvalue weighted by Crippen LogP contribution is -2.43. The van der Waals surface area contributed by atoms with Crippen LogP contribution in [0.1, 0.15) is 11.1 Å². The molecule has 0 aromatic heterocycles. The number of aliphatic imine (C=N–C) groups is 1. The van der Waals surface area contributed by atoms with E-state index >= 15 is 0 Å².